The third kappa shape index (κ3) is 4.20. The van der Waals surface area contributed by atoms with E-state index in [1.165, 1.54) is 28.7 Å². The van der Waals surface area contributed by atoms with E-state index in [-0.39, 0.29) is 11.7 Å². The highest BCUT2D eigenvalue weighted by molar-refractivity contribution is 7.99. The number of nitrogens with one attached hydrogen (secondary N) is 1. The Kier molecular flexibility index (Phi) is 5.09. The minimum absolute atomic E-state index is 0.102. The smallest absolute Gasteiger partial charge is 0.277 e. The van der Waals surface area contributed by atoms with Gasteiger partial charge in [0.25, 0.3) is 11.1 Å². The summed E-state index contributed by atoms with van der Waals surface area (Å²) in [7, 11) is 0. The lowest BCUT2D eigenvalue weighted by molar-refractivity contribution is -0.113. The predicted molar refractivity (Wildman–Crippen MR) is 92.8 cm³/mol. The molecule has 0 radical (unpaired) electrons. The van der Waals surface area contributed by atoms with Crippen LogP contribution in [0.15, 0.2) is 51.4 Å². The summed E-state index contributed by atoms with van der Waals surface area (Å²) in [5, 5.41) is 13.1. The molecule has 0 spiro atoms. The van der Waals surface area contributed by atoms with Gasteiger partial charge in [0.15, 0.2) is 0 Å². The van der Waals surface area contributed by atoms with Crippen LogP contribution in [-0.4, -0.2) is 21.9 Å². The molecule has 2 aromatic heterocycles. The molecule has 2 heterocycles. The monoisotopic (exact) mass is 345 g/mol. The van der Waals surface area contributed by atoms with E-state index in [0.717, 1.165) is 17.0 Å². The summed E-state index contributed by atoms with van der Waals surface area (Å²) >= 11 is 2.76. The zero-order valence-electron chi connectivity index (χ0n) is 12.5. The average molecular weight is 345 g/mol. The molecule has 0 aliphatic carbocycles. The Bertz CT molecular complexity index is 767. The number of aromatic nitrogens is 2. The Morgan fingerprint density at radius 3 is 2.78 bits per heavy atom. The highest BCUT2D eigenvalue weighted by Gasteiger charge is 2.11. The molecule has 0 saturated carbocycles. The summed E-state index contributed by atoms with van der Waals surface area (Å²) in [6, 6.07) is 11.7. The maximum atomic E-state index is 12.0. The summed E-state index contributed by atoms with van der Waals surface area (Å²) in [5.74, 6) is 0.606. The Hall–Kier alpha value is -2.12. The van der Waals surface area contributed by atoms with Gasteiger partial charge in [0.1, 0.15) is 0 Å². The number of amides is 1. The van der Waals surface area contributed by atoms with Gasteiger partial charge in [-0.05, 0) is 35.6 Å². The molecule has 5 nitrogen and oxygen atoms in total. The van der Waals surface area contributed by atoms with Crippen LogP contribution in [0.1, 0.15) is 12.5 Å². The van der Waals surface area contributed by atoms with Gasteiger partial charge < -0.3 is 9.73 Å². The lowest BCUT2D eigenvalue weighted by Gasteiger charge is -2.04. The molecule has 1 N–H and O–H groups in total. The normalized spacial score (nSPS) is 10.7. The zero-order valence-corrected chi connectivity index (χ0v) is 14.1. The molecule has 3 aromatic rings. The van der Waals surface area contributed by atoms with E-state index in [0.29, 0.717) is 11.1 Å². The number of carbonyl (C=O) groups excluding carboxylic acids is 1. The van der Waals surface area contributed by atoms with E-state index in [1.54, 1.807) is 0 Å². The van der Waals surface area contributed by atoms with Gasteiger partial charge in [0, 0.05) is 5.69 Å². The van der Waals surface area contributed by atoms with E-state index >= 15 is 0 Å². The molecule has 0 bridgehead atoms. The molecule has 3 rings (SSSR count). The maximum Gasteiger partial charge on any atom is 0.277 e. The van der Waals surface area contributed by atoms with Gasteiger partial charge in [-0.2, -0.15) is 0 Å². The van der Waals surface area contributed by atoms with Gasteiger partial charge in [0.05, 0.1) is 10.6 Å². The lowest BCUT2D eigenvalue weighted by Crippen LogP contribution is -2.13. The van der Waals surface area contributed by atoms with Crippen molar-refractivity contribution in [3.8, 4) is 10.8 Å². The predicted octanol–water partition coefficient (Wildman–Crippen LogP) is 4.09. The van der Waals surface area contributed by atoms with Crippen LogP contribution in [-0.2, 0) is 11.2 Å². The van der Waals surface area contributed by atoms with Crippen molar-refractivity contribution in [2.45, 2.75) is 18.6 Å². The van der Waals surface area contributed by atoms with Gasteiger partial charge in [0.2, 0.25) is 5.91 Å². The standard InChI is InChI=1S/C16H15N3O2S2/c1-2-11-5-7-12(8-6-11)17-14(20)10-23-16-19-18-15(21-16)13-4-3-9-22-13/h3-9H,2,10H2,1H3,(H,17,20). The maximum absolute atomic E-state index is 12.0. The van der Waals surface area contributed by atoms with Gasteiger partial charge in [-0.25, -0.2) is 0 Å². The SMILES string of the molecule is CCc1ccc(NC(=O)CSc2nnc(-c3cccs3)o2)cc1. The van der Waals surface area contributed by atoms with Crippen LogP contribution in [0.2, 0.25) is 0 Å². The van der Waals surface area contributed by atoms with Crippen molar-refractivity contribution in [3.63, 3.8) is 0 Å². The fourth-order valence-electron chi connectivity index (χ4n) is 1.92. The Morgan fingerprint density at radius 2 is 2.09 bits per heavy atom. The van der Waals surface area contributed by atoms with Crippen LogP contribution in [0.3, 0.4) is 0 Å². The largest absolute Gasteiger partial charge is 0.410 e. The summed E-state index contributed by atoms with van der Waals surface area (Å²) < 4.78 is 5.53. The van der Waals surface area contributed by atoms with Crippen LogP contribution >= 0.6 is 23.1 Å². The van der Waals surface area contributed by atoms with Gasteiger partial charge >= 0.3 is 0 Å². The van der Waals surface area contributed by atoms with Crippen LogP contribution in [0.25, 0.3) is 10.8 Å². The summed E-state index contributed by atoms with van der Waals surface area (Å²) in [4.78, 5) is 12.9. The van der Waals surface area contributed by atoms with Crippen molar-refractivity contribution in [2.24, 2.45) is 0 Å². The molecule has 1 aromatic carbocycles. The molecule has 0 saturated heterocycles. The number of anilines is 1. The minimum atomic E-state index is -0.102. The molecule has 0 aliphatic heterocycles. The first-order chi connectivity index (χ1) is 11.2. The lowest BCUT2D eigenvalue weighted by atomic mass is 10.1. The highest BCUT2D eigenvalue weighted by Crippen LogP contribution is 2.26. The molecule has 7 heteroatoms. The van der Waals surface area contributed by atoms with E-state index in [1.807, 2.05) is 41.8 Å². The zero-order chi connectivity index (χ0) is 16.1. The van der Waals surface area contributed by atoms with Crippen LogP contribution in [0.5, 0.6) is 0 Å². The number of thioether (sulfide) groups is 1. The number of hydrogen-bond acceptors (Lipinski definition) is 6. The number of hydrogen-bond donors (Lipinski definition) is 1. The van der Waals surface area contributed by atoms with Gasteiger partial charge in [-0.1, -0.05) is 36.9 Å². The van der Waals surface area contributed by atoms with E-state index in [2.05, 4.69) is 22.4 Å². The first-order valence-electron chi connectivity index (χ1n) is 7.13. The second-order valence-electron chi connectivity index (χ2n) is 4.74. The number of aryl methyl sites for hydroxylation is 1. The third-order valence-electron chi connectivity index (χ3n) is 3.11. The second-order valence-corrected chi connectivity index (χ2v) is 6.61. The average Bonchev–Trinajstić information content (AvgIpc) is 3.25. The molecule has 0 fully saturated rings. The molecule has 23 heavy (non-hydrogen) atoms. The quantitative estimate of drug-likeness (QED) is 0.682. The van der Waals surface area contributed by atoms with E-state index in [9.17, 15) is 4.79 Å². The Morgan fingerprint density at radius 1 is 1.26 bits per heavy atom. The Balaban J connectivity index is 1.52. The van der Waals surface area contributed by atoms with E-state index in [4.69, 9.17) is 4.42 Å². The van der Waals surface area contributed by atoms with Crippen molar-refractivity contribution < 1.29 is 9.21 Å². The fourth-order valence-corrected chi connectivity index (χ4v) is 3.12. The minimum Gasteiger partial charge on any atom is -0.410 e. The van der Waals surface area contributed by atoms with Crippen molar-refractivity contribution >= 4 is 34.7 Å². The summed E-state index contributed by atoms with van der Waals surface area (Å²) in [6.45, 7) is 2.10. The molecular weight excluding hydrogens is 330 g/mol. The van der Waals surface area contributed by atoms with Crippen LogP contribution in [0.4, 0.5) is 5.69 Å². The number of benzene rings is 1. The van der Waals surface area contributed by atoms with Gasteiger partial charge in [-0.15, -0.1) is 21.5 Å². The first kappa shape index (κ1) is 15.8. The molecule has 1 amide bonds. The molecule has 0 unspecified atom stereocenters. The van der Waals surface area contributed by atoms with E-state index < -0.39 is 0 Å². The van der Waals surface area contributed by atoms with Gasteiger partial charge in [-0.3, -0.25) is 4.79 Å². The number of nitrogens with zero attached hydrogens (tertiary/aromatic N) is 2. The van der Waals surface area contributed by atoms with Crippen LogP contribution in [0, 0.1) is 0 Å². The van der Waals surface area contributed by atoms with Crippen molar-refractivity contribution in [1.82, 2.24) is 10.2 Å². The summed E-state index contributed by atoms with van der Waals surface area (Å²) in [5.41, 5.74) is 2.03. The Labute approximate surface area is 142 Å². The highest BCUT2D eigenvalue weighted by atomic mass is 32.2. The topological polar surface area (TPSA) is 68.0 Å². The molecule has 0 atom stereocenters. The molecule has 118 valence electrons. The summed E-state index contributed by atoms with van der Waals surface area (Å²) in [6.07, 6.45) is 0.980. The molecule has 0 aliphatic rings. The first-order valence-corrected chi connectivity index (χ1v) is 9.00. The third-order valence-corrected chi connectivity index (χ3v) is 4.79. The van der Waals surface area contributed by atoms with Crippen molar-refractivity contribution in [1.29, 1.82) is 0 Å². The molecular formula is C16H15N3O2S2. The second kappa shape index (κ2) is 7.43. The number of carbonyl (C=O) groups is 1. The van der Waals surface area contributed by atoms with Crippen molar-refractivity contribution in [3.05, 3.63) is 47.3 Å². The van der Waals surface area contributed by atoms with Crippen molar-refractivity contribution in [2.75, 3.05) is 11.1 Å². The van der Waals surface area contributed by atoms with Crippen LogP contribution < -0.4 is 5.32 Å². The number of rotatable bonds is 6. The number of thiophene rings is 1. The fraction of sp³-hybridized carbons (Fsp3) is 0.188.